The van der Waals surface area contributed by atoms with Crippen LogP contribution < -0.4 is 4.74 Å². The normalized spacial score (nSPS) is 21.6. The molecule has 1 aromatic heterocycles. The first kappa shape index (κ1) is 17.9. The number of hydrogen-bond acceptors (Lipinski definition) is 6. The lowest BCUT2D eigenvalue weighted by Gasteiger charge is -2.38. The number of aromatic nitrogens is 2. The van der Waals surface area contributed by atoms with E-state index in [-0.39, 0.29) is 6.04 Å². The second-order valence-electron chi connectivity index (χ2n) is 7.22. The molecule has 0 aliphatic carbocycles. The monoisotopic (exact) mass is 390 g/mol. The number of carbonyl (C=O) groups is 1. The first-order valence-electron chi connectivity index (χ1n) is 9.77. The Labute approximate surface area is 168 Å². The molecule has 0 radical (unpaired) electrons. The maximum absolute atomic E-state index is 12.4. The molecule has 5 rings (SSSR count). The third-order valence-corrected chi connectivity index (χ3v) is 5.65. The number of amidine groups is 1. The second kappa shape index (κ2) is 7.33. The predicted octanol–water partition coefficient (Wildman–Crippen LogP) is 2.83. The highest BCUT2D eigenvalue weighted by atomic mass is 16.5. The quantitative estimate of drug-likeness (QED) is 0.644. The number of carbonyl (C=O) groups excluding carboxylic acids is 1. The van der Waals surface area contributed by atoms with E-state index in [1.54, 1.807) is 7.11 Å². The number of fused-ring (bicyclic) bond motifs is 3. The van der Waals surface area contributed by atoms with Crippen LogP contribution in [0.3, 0.4) is 0 Å². The molecule has 0 bridgehead atoms. The summed E-state index contributed by atoms with van der Waals surface area (Å²) < 4.78 is 12.9. The average molecular weight is 390 g/mol. The van der Waals surface area contributed by atoms with Crippen molar-refractivity contribution in [2.45, 2.75) is 6.04 Å². The van der Waals surface area contributed by atoms with Gasteiger partial charge in [-0.1, -0.05) is 24.3 Å². The van der Waals surface area contributed by atoms with Crippen molar-refractivity contribution in [1.29, 1.82) is 0 Å². The molecule has 2 aliphatic heterocycles. The molecule has 2 unspecified atom stereocenters. The second-order valence-corrected chi connectivity index (χ2v) is 7.22. The van der Waals surface area contributed by atoms with Crippen molar-refractivity contribution in [3.05, 3.63) is 54.1 Å². The van der Waals surface area contributed by atoms with E-state index in [0.717, 1.165) is 47.6 Å². The highest BCUT2D eigenvalue weighted by Crippen LogP contribution is 2.40. The van der Waals surface area contributed by atoms with Crippen LogP contribution in [0.15, 0.2) is 53.5 Å². The highest BCUT2D eigenvalue weighted by Gasteiger charge is 2.38. The van der Waals surface area contributed by atoms with Gasteiger partial charge in [-0.25, -0.2) is 4.98 Å². The van der Waals surface area contributed by atoms with Crippen molar-refractivity contribution in [3.8, 4) is 5.75 Å². The Morgan fingerprint density at radius 3 is 2.59 bits per heavy atom. The van der Waals surface area contributed by atoms with Gasteiger partial charge in [0.25, 0.3) is 0 Å². The van der Waals surface area contributed by atoms with Crippen LogP contribution in [0.4, 0.5) is 5.95 Å². The van der Waals surface area contributed by atoms with E-state index < -0.39 is 5.92 Å². The fourth-order valence-corrected chi connectivity index (χ4v) is 4.23. The predicted molar refractivity (Wildman–Crippen MR) is 110 cm³/mol. The van der Waals surface area contributed by atoms with Crippen LogP contribution in [0.2, 0.25) is 0 Å². The lowest BCUT2D eigenvalue weighted by Crippen LogP contribution is -2.47. The number of hydrogen-bond donors (Lipinski definition) is 0. The Kier molecular flexibility index (Phi) is 4.52. The van der Waals surface area contributed by atoms with Gasteiger partial charge in [0.2, 0.25) is 5.95 Å². The number of methoxy groups -OCH3 is 1. The maximum Gasteiger partial charge on any atom is 0.232 e. The summed E-state index contributed by atoms with van der Waals surface area (Å²) in [5.41, 5.74) is 2.87. The number of imidazole rings is 1. The van der Waals surface area contributed by atoms with Crippen molar-refractivity contribution in [3.63, 3.8) is 0 Å². The summed E-state index contributed by atoms with van der Waals surface area (Å²) in [4.78, 5) is 24.1. The zero-order valence-corrected chi connectivity index (χ0v) is 16.2. The van der Waals surface area contributed by atoms with Crippen molar-refractivity contribution in [1.82, 2.24) is 14.5 Å². The Morgan fingerprint density at radius 2 is 1.86 bits per heavy atom. The number of para-hydroxylation sites is 2. The van der Waals surface area contributed by atoms with Gasteiger partial charge < -0.3 is 19.2 Å². The van der Waals surface area contributed by atoms with Gasteiger partial charge in [-0.15, -0.1) is 0 Å². The van der Waals surface area contributed by atoms with Crippen molar-refractivity contribution < 1.29 is 14.3 Å². The minimum absolute atomic E-state index is 0.226. The topological polar surface area (TPSA) is 68.9 Å². The number of aldehydes is 1. The third kappa shape index (κ3) is 2.98. The van der Waals surface area contributed by atoms with Gasteiger partial charge in [-0.3, -0.25) is 4.57 Å². The van der Waals surface area contributed by atoms with Crippen LogP contribution in [-0.4, -0.2) is 60.0 Å². The Morgan fingerprint density at radius 1 is 1.10 bits per heavy atom. The number of rotatable bonds is 3. The number of aliphatic imine (C=N–C) groups is 1. The molecule has 3 aromatic rings. The number of morpholine rings is 1. The molecule has 0 saturated carbocycles. The summed E-state index contributed by atoms with van der Waals surface area (Å²) in [6.07, 6.45) is 1.01. The van der Waals surface area contributed by atoms with E-state index in [0.29, 0.717) is 19.2 Å². The number of nitrogens with zero attached hydrogens (tertiary/aromatic N) is 4. The van der Waals surface area contributed by atoms with Crippen LogP contribution in [0.1, 0.15) is 11.6 Å². The van der Waals surface area contributed by atoms with Crippen LogP contribution in [0.5, 0.6) is 5.75 Å². The SMILES string of the molecule is COc1ccc(C2C(C=O)C(N3CCOCC3)=Nc3nc4ccccc4n32)cc1. The van der Waals surface area contributed by atoms with Crippen molar-refractivity contribution in [2.75, 3.05) is 33.4 Å². The van der Waals surface area contributed by atoms with Crippen molar-refractivity contribution in [2.24, 2.45) is 10.9 Å². The van der Waals surface area contributed by atoms with Gasteiger partial charge in [0.15, 0.2) is 0 Å². The zero-order valence-electron chi connectivity index (χ0n) is 16.2. The van der Waals surface area contributed by atoms with E-state index >= 15 is 0 Å². The van der Waals surface area contributed by atoms with Gasteiger partial charge in [0, 0.05) is 13.1 Å². The van der Waals surface area contributed by atoms with Crippen LogP contribution in [-0.2, 0) is 9.53 Å². The minimum atomic E-state index is -0.411. The summed E-state index contributed by atoms with van der Waals surface area (Å²) in [5.74, 6) is 1.77. The molecule has 0 amide bonds. The number of ether oxygens (including phenoxy) is 2. The molecule has 7 heteroatoms. The highest BCUT2D eigenvalue weighted by molar-refractivity contribution is 6.00. The summed E-state index contributed by atoms with van der Waals surface area (Å²) >= 11 is 0. The lowest BCUT2D eigenvalue weighted by molar-refractivity contribution is -0.110. The summed E-state index contributed by atoms with van der Waals surface area (Å²) in [5, 5.41) is 0. The zero-order chi connectivity index (χ0) is 19.8. The first-order valence-corrected chi connectivity index (χ1v) is 9.77. The van der Waals surface area contributed by atoms with E-state index in [1.807, 2.05) is 48.5 Å². The van der Waals surface area contributed by atoms with E-state index in [2.05, 4.69) is 9.47 Å². The summed E-state index contributed by atoms with van der Waals surface area (Å²) in [6.45, 7) is 2.71. The molecule has 2 aliphatic rings. The third-order valence-electron chi connectivity index (χ3n) is 5.65. The molecule has 1 saturated heterocycles. The summed E-state index contributed by atoms with van der Waals surface area (Å²) in [6, 6.07) is 15.6. The molecule has 1 fully saturated rings. The Balaban J connectivity index is 1.71. The molecule has 2 atom stereocenters. The molecular weight excluding hydrogens is 368 g/mol. The average Bonchev–Trinajstić information content (AvgIpc) is 3.16. The van der Waals surface area contributed by atoms with Gasteiger partial charge in [-0.05, 0) is 29.8 Å². The van der Waals surface area contributed by atoms with Gasteiger partial charge in [0.1, 0.15) is 17.9 Å². The van der Waals surface area contributed by atoms with Crippen LogP contribution in [0.25, 0.3) is 11.0 Å². The maximum atomic E-state index is 12.4. The first-order chi connectivity index (χ1) is 14.3. The van der Waals surface area contributed by atoms with E-state index in [4.69, 9.17) is 19.5 Å². The summed E-state index contributed by atoms with van der Waals surface area (Å²) in [7, 11) is 1.65. The van der Waals surface area contributed by atoms with Crippen LogP contribution in [0, 0.1) is 5.92 Å². The van der Waals surface area contributed by atoms with Gasteiger partial charge in [-0.2, -0.15) is 4.99 Å². The van der Waals surface area contributed by atoms with E-state index in [9.17, 15) is 4.79 Å². The fourth-order valence-electron chi connectivity index (χ4n) is 4.23. The minimum Gasteiger partial charge on any atom is -0.497 e. The molecule has 29 heavy (non-hydrogen) atoms. The van der Waals surface area contributed by atoms with Crippen molar-refractivity contribution >= 4 is 29.1 Å². The molecule has 2 aromatic carbocycles. The molecular formula is C22H22N4O3. The van der Waals surface area contributed by atoms with Gasteiger partial charge in [0.05, 0.1) is 43.3 Å². The molecule has 0 spiro atoms. The molecule has 0 N–H and O–H groups in total. The largest absolute Gasteiger partial charge is 0.497 e. The molecule has 3 heterocycles. The standard InChI is InChI=1S/C22H22N4O3/c1-28-16-8-6-15(7-9-16)20-17(14-27)21(25-10-12-29-13-11-25)24-22-23-18-4-2-3-5-19(18)26(20)22/h2-9,14,17,20H,10-13H2,1H3. The molecule has 7 nitrogen and oxygen atoms in total. The Bertz CT molecular complexity index is 1070. The van der Waals surface area contributed by atoms with Gasteiger partial charge >= 0.3 is 0 Å². The number of benzene rings is 2. The lowest BCUT2D eigenvalue weighted by atomic mass is 9.90. The van der Waals surface area contributed by atoms with Crippen LogP contribution >= 0.6 is 0 Å². The molecule has 148 valence electrons. The smallest absolute Gasteiger partial charge is 0.232 e. The Hall–Kier alpha value is -3.19. The van der Waals surface area contributed by atoms with E-state index in [1.165, 1.54) is 0 Å². The fraction of sp³-hybridized carbons (Fsp3) is 0.318.